The summed E-state index contributed by atoms with van der Waals surface area (Å²) in [5.41, 5.74) is 7.03. The Morgan fingerprint density at radius 1 is 1.32 bits per heavy atom. The molecular formula is C19H31ClN2O3. The quantitative estimate of drug-likeness (QED) is 0.807. The highest BCUT2D eigenvalue weighted by atomic mass is 35.5. The van der Waals surface area contributed by atoms with Gasteiger partial charge in [0, 0.05) is 11.6 Å². The summed E-state index contributed by atoms with van der Waals surface area (Å²) in [6.45, 7) is 4.01. The van der Waals surface area contributed by atoms with E-state index in [0.29, 0.717) is 11.5 Å². The van der Waals surface area contributed by atoms with Crippen LogP contribution in [-0.2, 0) is 11.2 Å². The van der Waals surface area contributed by atoms with Crippen LogP contribution in [0.1, 0.15) is 45.1 Å². The van der Waals surface area contributed by atoms with E-state index in [4.69, 9.17) is 15.2 Å². The summed E-state index contributed by atoms with van der Waals surface area (Å²) in [7, 11) is 3.24. The van der Waals surface area contributed by atoms with Gasteiger partial charge in [-0.1, -0.05) is 18.9 Å². The molecule has 6 heteroatoms. The number of nitrogens with one attached hydrogen (secondary N) is 1. The number of hydrogen-bond acceptors (Lipinski definition) is 4. The molecule has 1 aromatic carbocycles. The molecule has 142 valence electrons. The molecule has 3 atom stereocenters. The Bertz CT molecular complexity index is 578. The van der Waals surface area contributed by atoms with Crippen LogP contribution in [-0.4, -0.2) is 31.7 Å². The van der Waals surface area contributed by atoms with E-state index in [1.807, 2.05) is 32.0 Å². The number of methoxy groups -OCH3 is 2. The Morgan fingerprint density at radius 2 is 2.00 bits per heavy atom. The number of hydrogen-bond donors (Lipinski definition) is 2. The second kappa shape index (κ2) is 9.30. The molecule has 3 unspecified atom stereocenters. The Balaban J connectivity index is 0.00000312. The van der Waals surface area contributed by atoms with Crippen LogP contribution in [0.25, 0.3) is 0 Å². The third-order valence-electron chi connectivity index (χ3n) is 4.95. The summed E-state index contributed by atoms with van der Waals surface area (Å²) < 4.78 is 10.6. The zero-order chi connectivity index (χ0) is 17.7. The maximum absolute atomic E-state index is 12.6. The number of carbonyl (C=O) groups is 1. The lowest BCUT2D eigenvalue weighted by molar-refractivity contribution is -0.128. The van der Waals surface area contributed by atoms with Crippen molar-refractivity contribution in [1.82, 2.24) is 5.32 Å². The van der Waals surface area contributed by atoms with Gasteiger partial charge in [0.05, 0.1) is 20.1 Å². The fourth-order valence-corrected chi connectivity index (χ4v) is 3.54. The van der Waals surface area contributed by atoms with Gasteiger partial charge in [0.25, 0.3) is 0 Å². The van der Waals surface area contributed by atoms with E-state index in [9.17, 15) is 4.79 Å². The molecular weight excluding hydrogens is 340 g/mol. The third kappa shape index (κ3) is 5.51. The van der Waals surface area contributed by atoms with Crippen LogP contribution in [0.5, 0.6) is 11.5 Å². The number of rotatable bonds is 6. The lowest BCUT2D eigenvalue weighted by Crippen LogP contribution is -2.54. The highest BCUT2D eigenvalue weighted by molar-refractivity contribution is 5.85. The molecule has 1 aromatic rings. The first kappa shape index (κ1) is 21.6. The molecule has 1 fully saturated rings. The van der Waals surface area contributed by atoms with E-state index in [1.54, 1.807) is 14.2 Å². The van der Waals surface area contributed by atoms with Crippen LogP contribution in [0.15, 0.2) is 18.2 Å². The minimum atomic E-state index is -0.397. The van der Waals surface area contributed by atoms with Gasteiger partial charge in [0.2, 0.25) is 5.91 Å². The highest BCUT2D eigenvalue weighted by Gasteiger charge is 2.38. The van der Waals surface area contributed by atoms with Gasteiger partial charge in [-0.15, -0.1) is 12.4 Å². The minimum Gasteiger partial charge on any atom is -0.493 e. The molecule has 3 N–H and O–H groups in total. The molecule has 25 heavy (non-hydrogen) atoms. The Kier molecular flexibility index (Phi) is 8.03. The summed E-state index contributed by atoms with van der Waals surface area (Å²) in [5, 5.41) is 3.13. The number of carbonyl (C=O) groups excluding carboxylic acids is 1. The summed E-state index contributed by atoms with van der Waals surface area (Å²) in [6, 6.07) is 5.88. The van der Waals surface area contributed by atoms with Gasteiger partial charge >= 0.3 is 0 Å². The van der Waals surface area contributed by atoms with Gasteiger partial charge in [0.15, 0.2) is 11.5 Å². The molecule has 1 amide bonds. The first-order chi connectivity index (χ1) is 11.4. The fourth-order valence-electron chi connectivity index (χ4n) is 3.54. The third-order valence-corrected chi connectivity index (χ3v) is 4.95. The van der Waals surface area contributed by atoms with Gasteiger partial charge in [0.1, 0.15) is 0 Å². The molecule has 0 heterocycles. The molecule has 0 spiro atoms. The topological polar surface area (TPSA) is 73.6 Å². The lowest BCUT2D eigenvalue weighted by Gasteiger charge is -2.37. The number of ether oxygens (including phenoxy) is 2. The predicted octanol–water partition coefficient (Wildman–Crippen LogP) is 3.08. The molecule has 0 aromatic heterocycles. The van der Waals surface area contributed by atoms with E-state index < -0.39 is 5.54 Å². The van der Waals surface area contributed by atoms with Crippen molar-refractivity contribution in [3.8, 4) is 11.5 Å². The van der Waals surface area contributed by atoms with Crippen LogP contribution in [0.3, 0.4) is 0 Å². The summed E-state index contributed by atoms with van der Waals surface area (Å²) in [6.07, 6.45) is 4.71. The number of amides is 1. The Morgan fingerprint density at radius 3 is 2.60 bits per heavy atom. The first-order valence-electron chi connectivity index (χ1n) is 8.67. The van der Waals surface area contributed by atoms with Crippen LogP contribution < -0.4 is 20.5 Å². The molecule has 5 nitrogen and oxygen atoms in total. The van der Waals surface area contributed by atoms with Crippen LogP contribution >= 0.6 is 12.4 Å². The molecule has 1 aliphatic carbocycles. The maximum Gasteiger partial charge on any atom is 0.225 e. The minimum absolute atomic E-state index is 0. The molecule has 0 aliphatic heterocycles. The SMILES string of the molecule is COc1ccc(CC(C)NC(=O)C2CCCCC2(C)N)cc1OC.Cl. The standard InChI is InChI=1S/C19H30N2O3.ClH/c1-13(11-14-8-9-16(23-3)17(12-14)24-4)21-18(22)15-7-5-6-10-19(15,2)20;/h8-9,12-13,15H,5-7,10-11,20H2,1-4H3,(H,21,22);1H. The van der Waals surface area contributed by atoms with Crippen molar-refractivity contribution in [1.29, 1.82) is 0 Å². The van der Waals surface area contributed by atoms with Gasteiger partial charge in [-0.2, -0.15) is 0 Å². The smallest absolute Gasteiger partial charge is 0.225 e. The molecule has 1 saturated carbocycles. The summed E-state index contributed by atoms with van der Waals surface area (Å²) >= 11 is 0. The number of benzene rings is 1. The van der Waals surface area contributed by atoms with Gasteiger partial charge in [-0.05, 0) is 50.8 Å². The maximum atomic E-state index is 12.6. The Hall–Kier alpha value is -1.46. The average Bonchev–Trinajstić information content (AvgIpc) is 2.53. The second-order valence-corrected chi connectivity index (χ2v) is 7.11. The van der Waals surface area contributed by atoms with E-state index in [0.717, 1.165) is 37.7 Å². The van der Waals surface area contributed by atoms with Crippen LogP contribution in [0, 0.1) is 5.92 Å². The van der Waals surface area contributed by atoms with Crippen molar-refractivity contribution < 1.29 is 14.3 Å². The van der Waals surface area contributed by atoms with E-state index in [1.165, 1.54) is 0 Å². The second-order valence-electron chi connectivity index (χ2n) is 7.11. The normalized spacial score (nSPS) is 24.0. The number of nitrogens with two attached hydrogens (primary N) is 1. The zero-order valence-electron chi connectivity index (χ0n) is 15.6. The van der Waals surface area contributed by atoms with Crippen molar-refractivity contribution in [2.75, 3.05) is 14.2 Å². The van der Waals surface area contributed by atoms with Gasteiger partial charge in [-0.25, -0.2) is 0 Å². The zero-order valence-corrected chi connectivity index (χ0v) is 16.4. The molecule has 2 rings (SSSR count). The first-order valence-corrected chi connectivity index (χ1v) is 8.67. The largest absolute Gasteiger partial charge is 0.493 e. The average molecular weight is 371 g/mol. The van der Waals surface area contributed by atoms with Crippen molar-refractivity contribution >= 4 is 18.3 Å². The molecule has 0 saturated heterocycles. The fraction of sp³-hybridized carbons (Fsp3) is 0.632. The highest BCUT2D eigenvalue weighted by Crippen LogP contribution is 2.32. The monoisotopic (exact) mass is 370 g/mol. The van der Waals surface area contributed by atoms with Crippen LogP contribution in [0.2, 0.25) is 0 Å². The molecule has 1 aliphatic rings. The van der Waals surface area contributed by atoms with Crippen LogP contribution in [0.4, 0.5) is 0 Å². The predicted molar refractivity (Wildman–Crippen MR) is 103 cm³/mol. The van der Waals surface area contributed by atoms with Crippen molar-refractivity contribution in [2.24, 2.45) is 11.7 Å². The molecule has 0 radical (unpaired) electrons. The molecule has 0 bridgehead atoms. The summed E-state index contributed by atoms with van der Waals surface area (Å²) in [4.78, 5) is 12.6. The summed E-state index contributed by atoms with van der Waals surface area (Å²) in [5.74, 6) is 1.39. The van der Waals surface area contributed by atoms with Gasteiger partial charge < -0.3 is 20.5 Å². The van der Waals surface area contributed by atoms with Crippen molar-refractivity contribution in [3.63, 3.8) is 0 Å². The van der Waals surface area contributed by atoms with E-state index in [2.05, 4.69) is 5.32 Å². The van der Waals surface area contributed by atoms with E-state index >= 15 is 0 Å². The van der Waals surface area contributed by atoms with Crippen molar-refractivity contribution in [3.05, 3.63) is 23.8 Å². The van der Waals surface area contributed by atoms with E-state index in [-0.39, 0.29) is 30.3 Å². The number of halogens is 1. The van der Waals surface area contributed by atoms with Crippen molar-refractivity contribution in [2.45, 2.75) is 57.5 Å². The lowest BCUT2D eigenvalue weighted by atomic mass is 9.74. The Labute approximate surface area is 157 Å². The van der Waals surface area contributed by atoms with Gasteiger partial charge in [-0.3, -0.25) is 4.79 Å².